The van der Waals surface area contributed by atoms with E-state index in [0.29, 0.717) is 28.9 Å². The summed E-state index contributed by atoms with van der Waals surface area (Å²) in [5.74, 6) is -1.27. The molecule has 3 aliphatic carbocycles. The van der Waals surface area contributed by atoms with Crippen molar-refractivity contribution in [1.82, 2.24) is 0 Å². The standard InChI is InChI=1S/C31H42O4/c1-5-6-7-8-9-10-11-14-19-35-28(32)27-21-30(33)23-15-12-13-16-24(23)31(27,34)25-18-17-22(20-26(25)30)29(2,3)4/h12-13,15-18,20,27,33-34H,5-11,14,19,21H2,1-4H3. The van der Waals surface area contributed by atoms with E-state index in [2.05, 4.69) is 27.7 Å². The highest BCUT2D eigenvalue weighted by Gasteiger charge is 2.62. The van der Waals surface area contributed by atoms with Crippen molar-refractivity contribution in [1.29, 1.82) is 0 Å². The second kappa shape index (κ2) is 10.1. The van der Waals surface area contributed by atoms with Crippen molar-refractivity contribution in [2.45, 2.75) is 102 Å². The van der Waals surface area contributed by atoms with E-state index in [1.165, 1.54) is 32.1 Å². The number of unbranched alkanes of at least 4 members (excludes halogenated alkanes) is 7. The Bertz CT molecular complexity index is 1050. The molecule has 0 fully saturated rings. The van der Waals surface area contributed by atoms with Gasteiger partial charge in [-0.25, -0.2) is 0 Å². The van der Waals surface area contributed by atoms with Crippen LogP contribution in [-0.4, -0.2) is 22.8 Å². The van der Waals surface area contributed by atoms with Gasteiger partial charge in [-0.1, -0.05) is 115 Å². The summed E-state index contributed by atoms with van der Waals surface area (Å²) in [6.07, 6.45) is 9.52. The van der Waals surface area contributed by atoms with E-state index in [4.69, 9.17) is 4.74 Å². The van der Waals surface area contributed by atoms with Gasteiger partial charge in [0.25, 0.3) is 0 Å². The van der Waals surface area contributed by atoms with Crippen LogP contribution in [0.15, 0.2) is 42.5 Å². The monoisotopic (exact) mass is 478 g/mol. The zero-order valence-corrected chi connectivity index (χ0v) is 21.9. The normalized spacial score (nSPS) is 24.7. The molecule has 35 heavy (non-hydrogen) atoms. The second-order valence-corrected chi connectivity index (χ2v) is 11.6. The van der Waals surface area contributed by atoms with Crippen LogP contribution < -0.4 is 0 Å². The molecule has 2 aromatic carbocycles. The van der Waals surface area contributed by atoms with Crippen LogP contribution in [0.2, 0.25) is 0 Å². The number of carbonyl (C=O) groups excluding carboxylic acids is 1. The van der Waals surface area contributed by atoms with Crippen LogP contribution in [0.1, 0.15) is 113 Å². The Morgan fingerprint density at radius 2 is 1.49 bits per heavy atom. The smallest absolute Gasteiger partial charge is 0.312 e. The minimum atomic E-state index is -1.51. The summed E-state index contributed by atoms with van der Waals surface area (Å²) in [5.41, 5.74) is 0.769. The third-order valence-corrected chi connectivity index (χ3v) is 8.06. The fourth-order valence-corrected chi connectivity index (χ4v) is 5.95. The third kappa shape index (κ3) is 4.68. The number of rotatable bonds is 10. The number of esters is 1. The Hall–Kier alpha value is -2.17. The molecule has 5 rings (SSSR count). The molecule has 2 bridgehead atoms. The first-order valence-electron chi connectivity index (χ1n) is 13.5. The van der Waals surface area contributed by atoms with Crippen LogP contribution in [0.5, 0.6) is 0 Å². The van der Waals surface area contributed by atoms with Crippen molar-refractivity contribution >= 4 is 5.97 Å². The van der Waals surface area contributed by atoms with Crippen LogP contribution in [0.4, 0.5) is 0 Å². The van der Waals surface area contributed by atoms with Crippen LogP contribution in [0.3, 0.4) is 0 Å². The zero-order chi connectivity index (χ0) is 25.3. The second-order valence-electron chi connectivity index (χ2n) is 11.6. The lowest BCUT2D eigenvalue weighted by atomic mass is 9.54. The molecule has 0 aliphatic heterocycles. The summed E-state index contributed by atoms with van der Waals surface area (Å²) in [7, 11) is 0. The molecular formula is C31H42O4. The van der Waals surface area contributed by atoms with Gasteiger partial charge in [-0.3, -0.25) is 4.79 Å². The molecule has 3 atom stereocenters. The number of aliphatic hydroxyl groups is 2. The van der Waals surface area contributed by atoms with Crippen LogP contribution in [0.25, 0.3) is 0 Å². The van der Waals surface area contributed by atoms with E-state index in [9.17, 15) is 15.0 Å². The first-order valence-corrected chi connectivity index (χ1v) is 13.5. The zero-order valence-electron chi connectivity index (χ0n) is 21.9. The Morgan fingerprint density at radius 1 is 0.886 bits per heavy atom. The summed E-state index contributed by atoms with van der Waals surface area (Å²) in [4.78, 5) is 13.3. The Morgan fingerprint density at radius 3 is 2.14 bits per heavy atom. The van der Waals surface area contributed by atoms with Crippen molar-refractivity contribution in [3.05, 3.63) is 70.3 Å². The SMILES string of the molecule is CCCCCCCCCCOC(=O)C1CC2(O)c3ccccc3C1(O)c1ccc(C(C)(C)C)cc12. The average molecular weight is 479 g/mol. The minimum absolute atomic E-state index is 0.0987. The molecule has 3 aliphatic rings. The van der Waals surface area contributed by atoms with Gasteiger partial charge in [-0.2, -0.15) is 0 Å². The third-order valence-electron chi connectivity index (χ3n) is 8.06. The summed E-state index contributed by atoms with van der Waals surface area (Å²) >= 11 is 0. The van der Waals surface area contributed by atoms with Gasteiger partial charge in [0.2, 0.25) is 0 Å². The molecule has 0 aromatic heterocycles. The van der Waals surface area contributed by atoms with Gasteiger partial charge in [0, 0.05) is 6.42 Å². The Kier molecular flexibility index (Phi) is 7.45. The highest BCUT2D eigenvalue weighted by molar-refractivity contribution is 5.79. The highest BCUT2D eigenvalue weighted by Crippen LogP contribution is 2.60. The van der Waals surface area contributed by atoms with Crippen molar-refractivity contribution in [2.75, 3.05) is 6.61 Å². The molecule has 0 amide bonds. The van der Waals surface area contributed by atoms with Gasteiger partial charge in [0.1, 0.15) is 11.2 Å². The molecule has 0 saturated carbocycles. The molecule has 4 heteroatoms. The summed E-state index contributed by atoms with van der Waals surface area (Å²) in [6.45, 7) is 8.98. The predicted molar refractivity (Wildman–Crippen MR) is 139 cm³/mol. The molecule has 190 valence electrons. The van der Waals surface area contributed by atoms with Gasteiger partial charge in [-0.15, -0.1) is 0 Å². The van der Waals surface area contributed by atoms with Crippen LogP contribution >= 0.6 is 0 Å². The maximum atomic E-state index is 13.3. The molecule has 3 unspecified atom stereocenters. The van der Waals surface area contributed by atoms with Gasteiger partial charge in [0.15, 0.2) is 0 Å². The molecule has 2 N–H and O–H groups in total. The van der Waals surface area contributed by atoms with Crippen molar-refractivity contribution in [3.63, 3.8) is 0 Å². The van der Waals surface area contributed by atoms with Crippen molar-refractivity contribution in [2.24, 2.45) is 5.92 Å². The maximum Gasteiger partial charge on any atom is 0.312 e. The molecule has 0 heterocycles. The summed E-state index contributed by atoms with van der Waals surface area (Å²) in [6, 6.07) is 13.4. The molecule has 2 aromatic rings. The summed E-state index contributed by atoms with van der Waals surface area (Å²) < 4.78 is 5.69. The lowest BCUT2D eigenvalue weighted by molar-refractivity contribution is -0.167. The molecular weight excluding hydrogens is 436 g/mol. The first kappa shape index (κ1) is 25.9. The minimum Gasteiger partial charge on any atom is -0.465 e. The largest absolute Gasteiger partial charge is 0.465 e. The number of carbonyl (C=O) groups is 1. The van der Waals surface area contributed by atoms with Crippen LogP contribution in [0, 0.1) is 5.92 Å². The number of ether oxygens (including phenoxy) is 1. The van der Waals surface area contributed by atoms with E-state index >= 15 is 0 Å². The lowest BCUT2D eigenvalue weighted by Crippen LogP contribution is -2.57. The van der Waals surface area contributed by atoms with E-state index < -0.39 is 23.1 Å². The van der Waals surface area contributed by atoms with Gasteiger partial charge in [-0.05, 0) is 39.7 Å². The van der Waals surface area contributed by atoms with Gasteiger partial charge >= 0.3 is 5.97 Å². The fraction of sp³-hybridized carbons (Fsp3) is 0.581. The maximum absolute atomic E-state index is 13.3. The quantitative estimate of drug-likeness (QED) is 0.303. The van der Waals surface area contributed by atoms with E-state index in [1.807, 2.05) is 42.5 Å². The number of fused-ring (bicyclic) bond motifs is 1. The molecule has 0 radical (unpaired) electrons. The topological polar surface area (TPSA) is 66.8 Å². The molecule has 0 saturated heterocycles. The lowest BCUT2D eigenvalue weighted by Gasteiger charge is -2.54. The van der Waals surface area contributed by atoms with Gasteiger partial charge in [0.05, 0.1) is 12.5 Å². The van der Waals surface area contributed by atoms with E-state index in [1.54, 1.807) is 0 Å². The number of hydrogen-bond acceptors (Lipinski definition) is 4. The fourth-order valence-electron chi connectivity index (χ4n) is 5.95. The Balaban J connectivity index is 1.52. The molecule has 0 spiro atoms. The highest BCUT2D eigenvalue weighted by atomic mass is 16.5. The van der Waals surface area contributed by atoms with E-state index in [0.717, 1.165) is 24.8 Å². The summed E-state index contributed by atoms with van der Waals surface area (Å²) in [5, 5.41) is 24.2. The molecule has 4 nitrogen and oxygen atoms in total. The van der Waals surface area contributed by atoms with Crippen molar-refractivity contribution in [3.8, 4) is 0 Å². The Labute approximate surface area is 210 Å². The van der Waals surface area contributed by atoms with E-state index in [-0.39, 0.29) is 11.8 Å². The first-order chi connectivity index (χ1) is 16.6. The van der Waals surface area contributed by atoms with Crippen molar-refractivity contribution < 1.29 is 19.7 Å². The van der Waals surface area contributed by atoms with Crippen LogP contribution in [-0.2, 0) is 26.1 Å². The predicted octanol–water partition coefficient (Wildman–Crippen LogP) is 6.47. The van der Waals surface area contributed by atoms with Gasteiger partial charge < -0.3 is 14.9 Å². The number of hydrogen-bond donors (Lipinski definition) is 2. The average Bonchev–Trinajstić information content (AvgIpc) is 2.84. The number of benzene rings is 2.